The van der Waals surface area contributed by atoms with E-state index >= 15 is 0 Å². The van der Waals surface area contributed by atoms with Crippen molar-refractivity contribution in [1.29, 1.82) is 0 Å². The zero-order chi connectivity index (χ0) is 13.6. The molecule has 0 bridgehead atoms. The molecule has 0 spiro atoms. The third-order valence-corrected chi connectivity index (χ3v) is 3.08. The van der Waals surface area contributed by atoms with Gasteiger partial charge in [0.15, 0.2) is 0 Å². The van der Waals surface area contributed by atoms with E-state index in [0.29, 0.717) is 12.7 Å². The third kappa shape index (κ3) is 8.95. The van der Waals surface area contributed by atoms with E-state index < -0.39 is 0 Å². The first-order valence-corrected chi connectivity index (χ1v) is 8.99. The fraction of sp³-hybridized carbons (Fsp3) is 0.0714. The summed E-state index contributed by atoms with van der Waals surface area (Å²) in [6.45, 7) is 5.00. The molecule has 101 valence electrons. The summed E-state index contributed by atoms with van der Waals surface area (Å²) in [5.74, 6) is 0. The SMILES string of the molecule is [CH2-]C.[Cl][Ni+][Cl].c1ccc(Pc2ccccc2)cc1. The minimum Gasteiger partial charge on any atom is -0.0622 e. The molecule has 18 heavy (non-hydrogen) atoms. The summed E-state index contributed by atoms with van der Waals surface area (Å²) in [4.78, 5) is 0. The molecule has 0 nitrogen and oxygen atoms in total. The van der Waals surface area contributed by atoms with Crippen molar-refractivity contribution in [1.82, 2.24) is 0 Å². The number of halogens is 2. The second-order valence-corrected chi connectivity index (χ2v) is 5.94. The zero-order valence-corrected chi connectivity index (χ0v) is 13.6. The van der Waals surface area contributed by atoms with E-state index in [2.05, 4.69) is 67.6 Å². The molecule has 0 saturated carbocycles. The van der Waals surface area contributed by atoms with Crippen LogP contribution in [0.1, 0.15) is 6.92 Å². The van der Waals surface area contributed by atoms with Crippen LogP contribution in [-0.4, -0.2) is 0 Å². The Morgan fingerprint density at radius 1 is 0.778 bits per heavy atom. The van der Waals surface area contributed by atoms with Gasteiger partial charge < -0.3 is 6.92 Å². The van der Waals surface area contributed by atoms with Crippen LogP contribution in [-0.2, 0) is 12.7 Å². The van der Waals surface area contributed by atoms with Gasteiger partial charge in [-0.3, -0.25) is 0 Å². The zero-order valence-electron chi connectivity index (χ0n) is 10.1. The van der Waals surface area contributed by atoms with E-state index in [1.165, 1.54) is 10.6 Å². The van der Waals surface area contributed by atoms with Crippen molar-refractivity contribution in [3.8, 4) is 0 Å². The maximum atomic E-state index is 4.70. The summed E-state index contributed by atoms with van der Waals surface area (Å²) >= 11 is 0.569. The molecule has 0 saturated heterocycles. The van der Waals surface area contributed by atoms with E-state index in [9.17, 15) is 0 Å². The molecule has 0 aromatic heterocycles. The molecule has 0 unspecified atom stereocenters. The van der Waals surface area contributed by atoms with E-state index in [1.807, 2.05) is 0 Å². The average Bonchev–Trinajstić information content (AvgIpc) is 2.44. The van der Waals surface area contributed by atoms with Gasteiger partial charge in [0, 0.05) is 0 Å². The Bertz CT molecular complexity index is 344. The number of rotatable bonds is 2. The van der Waals surface area contributed by atoms with Crippen molar-refractivity contribution in [2.75, 3.05) is 0 Å². The van der Waals surface area contributed by atoms with E-state index in [1.54, 1.807) is 6.92 Å². The van der Waals surface area contributed by atoms with Crippen LogP contribution < -0.4 is 10.6 Å². The quantitative estimate of drug-likeness (QED) is 0.426. The third-order valence-electron chi connectivity index (χ3n) is 1.84. The van der Waals surface area contributed by atoms with Crippen LogP contribution in [0.25, 0.3) is 0 Å². The molecule has 0 amide bonds. The van der Waals surface area contributed by atoms with Gasteiger partial charge in [-0.2, -0.15) is 6.92 Å². The fourth-order valence-electron chi connectivity index (χ4n) is 1.21. The molecule has 0 atom stereocenters. The normalized spacial score (nSPS) is 8.67. The molecule has 2 aromatic rings. The van der Waals surface area contributed by atoms with E-state index in [-0.39, 0.29) is 0 Å². The number of benzene rings is 2. The van der Waals surface area contributed by atoms with Gasteiger partial charge in [-0.1, -0.05) is 69.2 Å². The van der Waals surface area contributed by atoms with Gasteiger partial charge in [0.25, 0.3) is 0 Å². The number of hydrogen-bond acceptors (Lipinski definition) is 0. The molecule has 0 radical (unpaired) electrons. The molecule has 0 heterocycles. The van der Waals surface area contributed by atoms with Crippen LogP contribution in [0.4, 0.5) is 0 Å². The first-order valence-electron chi connectivity index (χ1n) is 5.27. The van der Waals surface area contributed by atoms with Crippen molar-refractivity contribution in [2.24, 2.45) is 0 Å². The molecule has 2 aromatic carbocycles. The van der Waals surface area contributed by atoms with Crippen molar-refractivity contribution in [2.45, 2.75) is 6.92 Å². The van der Waals surface area contributed by atoms with Crippen LogP contribution in [0.5, 0.6) is 0 Å². The summed E-state index contributed by atoms with van der Waals surface area (Å²) in [5.41, 5.74) is 0. The maximum absolute atomic E-state index is 4.70. The average molecular weight is 345 g/mol. The molecule has 2 rings (SSSR count). The predicted octanol–water partition coefficient (Wildman–Crippen LogP) is 4.53. The Hall–Kier alpha value is -0.0565. The smallest absolute Gasteiger partial charge is 0.0226 e. The summed E-state index contributed by atoms with van der Waals surface area (Å²) in [5, 5.41) is 2.79. The van der Waals surface area contributed by atoms with Crippen molar-refractivity contribution >= 4 is 39.6 Å². The van der Waals surface area contributed by atoms with Gasteiger partial charge in [0.1, 0.15) is 0 Å². The van der Waals surface area contributed by atoms with Crippen LogP contribution in [0.3, 0.4) is 0 Å². The monoisotopic (exact) mass is 343 g/mol. The molecule has 0 aliphatic heterocycles. The van der Waals surface area contributed by atoms with E-state index in [0.717, 1.165) is 8.58 Å². The second-order valence-electron chi connectivity index (χ2n) is 2.90. The topological polar surface area (TPSA) is 0 Å². The van der Waals surface area contributed by atoms with Gasteiger partial charge in [0.2, 0.25) is 0 Å². The standard InChI is InChI=1S/C12H11P.C2H5.2ClH.Ni/c1-3-7-11(8-4-1)13-12-9-5-2-6-10-12;1-2;;;/h1-10,13H;1H2,2H3;2*1H;/q;-1;;;+3/p-2. The van der Waals surface area contributed by atoms with Gasteiger partial charge >= 0.3 is 33.0 Å². The molecule has 0 fully saturated rings. The van der Waals surface area contributed by atoms with Gasteiger partial charge in [-0.15, -0.1) is 0 Å². The molecule has 0 aliphatic carbocycles. The van der Waals surface area contributed by atoms with Gasteiger partial charge in [-0.25, -0.2) is 0 Å². The van der Waals surface area contributed by atoms with Crippen LogP contribution >= 0.6 is 29.0 Å². The Kier molecular flexibility index (Phi) is 13.3. The van der Waals surface area contributed by atoms with Crippen molar-refractivity contribution < 1.29 is 12.7 Å². The minimum absolute atomic E-state index is 0.569. The Morgan fingerprint density at radius 2 is 1.06 bits per heavy atom. The maximum Gasteiger partial charge on any atom is -0.0226 e. The largest absolute Gasteiger partial charge is 0.0622 e. The second kappa shape index (κ2) is 13.4. The summed E-state index contributed by atoms with van der Waals surface area (Å²) < 4.78 is 0. The summed E-state index contributed by atoms with van der Waals surface area (Å²) in [7, 11) is 10.2. The van der Waals surface area contributed by atoms with Crippen LogP contribution in [0.2, 0.25) is 0 Å². The first-order chi connectivity index (χ1) is 8.86. The van der Waals surface area contributed by atoms with Crippen LogP contribution in [0, 0.1) is 6.92 Å². The molecular weight excluding hydrogens is 329 g/mol. The van der Waals surface area contributed by atoms with Crippen LogP contribution in [0.15, 0.2) is 60.7 Å². The van der Waals surface area contributed by atoms with Gasteiger partial charge in [0.05, 0.1) is 0 Å². The molecular formula is C14H16Cl2NiP. The van der Waals surface area contributed by atoms with Crippen molar-refractivity contribution in [3.63, 3.8) is 0 Å². The fourth-order valence-corrected chi connectivity index (χ4v) is 2.26. The Balaban J connectivity index is 0.000000509. The molecule has 4 heteroatoms. The number of hydrogen-bond donors (Lipinski definition) is 0. The first kappa shape index (κ1) is 17.9. The molecule has 0 aliphatic rings. The van der Waals surface area contributed by atoms with Gasteiger partial charge in [-0.05, 0) is 10.6 Å². The Morgan fingerprint density at radius 3 is 1.33 bits per heavy atom. The minimum atomic E-state index is 0.569. The predicted molar refractivity (Wildman–Crippen MR) is 83.2 cm³/mol. The summed E-state index contributed by atoms with van der Waals surface area (Å²) in [6, 6.07) is 21.2. The summed E-state index contributed by atoms with van der Waals surface area (Å²) in [6.07, 6.45) is 0. The Labute approximate surface area is 126 Å². The molecule has 0 N–H and O–H groups in total. The van der Waals surface area contributed by atoms with Crippen molar-refractivity contribution in [3.05, 3.63) is 67.6 Å². The van der Waals surface area contributed by atoms with E-state index in [4.69, 9.17) is 20.4 Å².